The molecule has 0 atom stereocenters. The number of hydrogen-bond acceptors (Lipinski definition) is 4. The van der Waals surface area contributed by atoms with E-state index in [1.54, 1.807) is 4.90 Å². The third-order valence-electron chi connectivity index (χ3n) is 6.36. The number of carboxylic acids is 1. The van der Waals surface area contributed by atoms with E-state index >= 15 is 0 Å². The quantitative estimate of drug-likeness (QED) is 0.669. The monoisotopic (exact) mass is 429 g/mol. The van der Waals surface area contributed by atoms with Crippen LogP contribution in [0.4, 0.5) is 5.88 Å². The van der Waals surface area contributed by atoms with Gasteiger partial charge in [0.1, 0.15) is 5.56 Å². The molecule has 2 N–H and O–H groups in total. The molecule has 0 radical (unpaired) electrons. The van der Waals surface area contributed by atoms with Gasteiger partial charge in [-0.15, -0.1) is 0 Å². The summed E-state index contributed by atoms with van der Waals surface area (Å²) in [7, 11) is 0. The number of hydrogen-bond donors (Lipinski definition) is 2. The minimum atomic E-state index is -1.13. The molecule has 1 aromatic rings. The molecule has 0 saturated heterocycles. The van der Waals surface area contributed by atoms with Crippen molar-refractivity contribution in [1.29, 1.82) is 0 Å². The second-order valence-electron chi connectivity index (χ2n) is 10.3. The van der Waals surface area contributed by atoms with E-state index in [-0.39, 0.29) is 46.6 Å². The summed E-state index contributed by atoms with van der Waals surface area (Å²) in [6.45, 7) is 8.11. The summed E-state index contributed by atoms with van der Waals surface area (Å²) in [5, 5.41) is 19.8. The molecular formula is C25H35NO5. The van der Waals surface area contributed by atoms with E-state index in [1.165, 1.54) is 6.07 Å². The van der Waals surface area contributed by atoms with Crippen LogP contribution in [-0.4, -0.2) is 34.2 Å². The Morgan fingerprint density at radius 2 is 1.68 bits per heavy atom. The Hall–Kier alpha value is -2.26. The maximum absolute atomic E-state index is 13.7. The van der Waals surface area contributed by atoms with E-state index in [1.807, 2.05) is 20.8 Å². The number of aliphatic hydroxyl groups excluding tert-OH is 1. The fourth-order valence-corrected chi connectivity index (χ4v) is 4.49. The molecule has 1 amide bonds. The van der Waals surface area contributed by atoms with Crippen LogP contribution >= 0.6 is 0 Å². The largest absolute Gasteiger partial charge is 0.477 e. The van der Waals surface area contributed by atoms with Crippen molar-refractivity contribution in [3.63, 3.8) is 0 Å². The summed E-state index contributed by atoms with van der Waals surface area (Å²) in [6, 6.07) is 1.25. The van der Waals surface area contributed by atoms with E-state index in [0.717, 1.165) is 25.7 Å². The van der Waals surface area contributed by atoms with E-state index in [9.17, 15) is 19.8 Å². The number of rotatable bonds is 4. The van der Waals surface area contributed by atoms with E-state index in [2.05, 4.69) is 18.8 Å². The van der Waals surface area contributed by atoms with Gasteiger partial charge in [-0.05, 0) is 84.0 Å². The topological polar surface area (TPSA) is 91.0 Å². The lowest BCUT2D eigenvalue weighted by molar-refractivity contribution is -0.124. The molecule has 1 heterocycles. The molecule has 6 nitrogen and oxygen atoms in total. The molecule has 31 heavy (non-hydrogen) atoms. The molecule has 0 aliphatic heterocycles. The van der Waals surface area contributed by atoms with Gasteiger partial charge in [0.15, 0.2) is 5.76 Å². The van der Waals surface area contributed by atoms with Crippen molar-refractivity contribution in [2.75, 3.05) is 4.90 Å². The molecule has 0 aromatic carbocycles. The number of aromatic carboxylic acids is 1. The number of carboxylic acid groups (broad SMARTS) is 1. The smallest absolute Gasteiger partial charge is 0.341 e. The number of amides is 1. The minimum Gasteiger partial charge on any atom is -0.477 e. The average molecular weight is 430 g/mol. The molecule has 170 valence electrons. The Morgan fingerprint density at radius 1 is 1.06 bits per heavy atom. The Kier molecular flexibility index (Phi) is 7.16. The van der Waals surface area contributed by atoms with E-state index in [0.29, 0.717) is 31.6 Å². The van der Waals surface area contributed by atoms with Gasteiger partial charge in [-0.1, -0.05) is 12.8 Å². The normalized spacial score (nSPS) is 26.6. The zero-order valence-corrected chi connectivity index (χ0v) is 19.1. The summed E-state index contributed by atoms with van der Waals surface area (Å²) in [5.74, 6) is 5.65. The van der Waals surface area contributed by atoms with Crippen molar-refractivity contribution >= 4 is 17.8 Å². The van der Waals surface area contributed by atoms with Gasteiger partial charge < -0.3 is 14.6 Å². The van der Waals surface area contributed by atoms with Crippen LogP contribution in [-0.2, 0) is 4.79 Å². The fourth-order valence-electron chi connectivity index (χ4n) is 4.49. The number of carbonyl (C=O) groups excluding carboxylic acids is 1. The van der Waals surface area contributed by atoms with E-state index in [4.69, 9.17) is 4.42 Å². The Bertz CT molecular complexity index is 853. The summed E-state index contributed by atoms with van der Waals surface area (Å²) >= 11 is 0. The van der Waals surface area contributed by atoms with Gasteiger partial charge in [-0.3, -0.25) is 9.69 Å². The van der Waals surface area contributed by atoms with Gasteiger partial charge in [0.25, 0.3) is 0 Å². The lowest BCUT2D eigenvalue weighted by atomic mass is 9.81. The fraction of sp³-hybridized carbons (Fsp3) is 0.680. The molecule has 0 spiro atoms. The molecule has 1 aromatic heterocycles. The van der Waals surface area contributed by atoms with Gasteiger partial charge in [0.2, 0.25) is 11.8 Å². The maximum Gasteiger partial charge on any atom is 0.341 e. The highest BCUT2D eigenvalue weighted by Crippen LogP contribution is 2.37. The summed E-state index contributed by atoms with van der Waals surface area (Å²) in [5.41, 5.74) is -0.286. The lowest BCUT2D eigenvalue weighted by Gasteiger charge is -2.37. The van der Waals surface area contributed by atoms with E-state index < -0.39 is 5.97 Å². The highest BCUT2D eigenvalue weighted by Gasteiger charge is 2.38. The number of nitrogens with zero attached hydrogens (tertiary/aromatic N) is 1. The Balaban J connectivity index is 1.99. The first-order valence-corrected chi connectivity index (χ1v) is 11.5. The number of anilines is 1. The summed E-state index contributed by atoms with van der Waals surface area (Å²) < 4.78 is 5.93. The Morgan fingerprint density at radius 3 is 2.23 bits per heavy atom. The molecule has 3 rings (SSSR count). The SMILES string of the molecule is CC(C)(C)C#Cc1cc(C(=O)O)c(N(C(=O)[C@H]2CC[C@H](C)CC2)[C@H]2CC[C@@H](O)CC2)o1. The second-order valence-corrected chi connectivity index (χ2v) is 10.3. The van der Waals surface area contributed by atoms with Crippen molar-refractivity contribution in [2.45, 2.75) is 91.2 Å². The molecule has 2 fully saturated rings. The highest BCUT2D eigenvalue weighted by molar-refractivity contribution is 6.01. The van der Waals surface area contributed by atoms with Crippen LogP contribution in [0, 0.1) is 29.1 Å². The van der Waals surface area contributed by atoms with Gasteiger partial charge in [0.05, 0.1) is 6.10 Å². The number of carbonyl (C=O) groups is 2. The molecule has 2 aliphatic carbocycles. The summed E-state index contributed by atoms with van der Waals surface area (Å²) in [6.07, 6.45) is 5.69. The first kappa shape index (κ1) is 23.4. The van der Waals surface area contributed by atoms with Gasteiger partial charge >= 0.3 is 5.97 Å². The zero-order chi connectivity index (χ0) is 22.8. The number of aliphatic hydroxyl groups is 1. The molecule has 2 aliphatic rings. The van der Waals surface area contributed by atoms with Crippen molar-refractivity contribution in [3.8, 4) is 11.8 Å². The van der Waals surface area contributed by atoms with Crippen LogP contribution in [0.3, 0.4) is 0 Å². The van der Waals surface area contributed by atoms with Crippen LogP contribution in [0.5, 0.6) is 0 Å². The van der Waals surface area contributed by atoms with Crippen molar-refractivity contribution in [2.24, 2.45) is 17.3 Å². The number of furan rings is 1. The van der Waals surface area contributed by atoms with Crippen molar-refractivity contribution in [3.05, 3.63) is 17.4 Å². The van der Waals surface area contributed by atoms with Gasteiger partial charge in [-0.25, -0.2) is 4.79 Å². The molecule has 6 heteroatoms. The predicted molar refractivity (Wildman–Crippen MR) is 119 cm³/mol. The molecule has 0 unspecified atom stereocenters. The second kappa shape index (κ2) is 9.48. The maximum atomic E-state index is 13.7. The van der Waals surface area contributed by atoms with Crippen LogP contribution < -0.4 is 4.90 Å². The minimum absolute atomic E-state index is 0.0261. The standard InChI is InChI=1S/C25H35NO5/c1-16-5-7-17(8-6-16)22(28)26(18-9-11-19(27)12-10-18)23-21(24(29)30)15-20(31-23)13-14-25(2,3)4/h15-19,27H,5-12H2,1-4H3,(H,29,30)/t16-,17-,18-,19+. The summed E-state index contributed by atoms with van der Waals surface area (Å²) in [4.78, 5) is 27.3. The van der Waals surface area contributed by atoms with Crippen LogP contribution in [0.25, 0.3) is 0 Å². The van der Waals surface area contributed by atoms with Crippen LogP contribution in [0.15, 0.2) is 10.5 Å². The van der Waals surface area contributed by atoms with Crippen LogP contribution in [0.1, 0.15) is 95.2 Å². The first-order chi connectivity index (χ1) is 14.5. The van der Waals surface area contributed by atoms with Gasteiger partial charge in [-0.2, -0.15) is 0 Å². The third-order valence-corrected chi connectivity index (χ3v) is 6.36. The van der Waals surface area contributed by atoms with Crippen LogP contribution in [0.2, 0.25) is 0 Å². The average Bonchev–Trinajstić information content (AvgIpc) is 3.12. The molecular weight excluding hydrogens is 394 g/mol. The van der Waals surface area contributed by atoms with Crippen molar-refractivity contribution < 1.29 is 24.2 Å². The van der Waals surface area contributed by atoms with Crippen molar-refractivity contribution in [1.82, 2.24) is 0 Å². The molecule has 2 saturated carbocycles. The van der Waals surface area contributed by atoms with Gasteiger partial charge in [0, 0.05) is 23.4 Å². The highest BCUT2D eigenvalue weighted by atomic mass is 16.4. The predicted octanol–water partition coefficient (Wildman–Crippen LogP) is 4.84. The third kappa shape index (κ3) is 5.92. The zero-order valence-electron chi connectivity index (χ0n) is 19.1. The lowest BCUT2D eigenvalue weighted by Crippen LogP contribution is -2.47. The first-order valence-electron chi connectivity index (χ1n) is 11.5. The Labute approximate surface area is 185 Å². The molecule has 0 bridgehead atoms.